The van der Waals surface area contributed by atoms with Gasteiger partial charge < -0.3 is 10.5 Å². The van der Waals surface area contributed by atoms with Crippen LogP contribution in [0.2, 0.25) is 0 Å². The fraction of sp³-hybridized carbons (Fsp3) is 0.556. The molecule has 1 unspecified atom stereocenters. The minimum absolute atomic E-state index is 0.264. The molecule has 0 aromatic carbocycles. The van der Waals surface area contributed by atoms with E-state index in [1.165, 1.54) is 18.0 Å². The lowest BCUT2D eigenvalue weighted by atomic mass is 10.3. The van der Waals surface area contributed by atoms with Crippen LogP contribution in [0.3, 0.4) is 0 Å². The Morgan fingerprint density at radius 2 is 2.00 bits per heavy atom. The van der Waals surface area contributed by atoms with Crippen molar-refractivity contribution >= 4 is 15.1 Å². The van der Waals surface area contributed by atoms with E-state index in [-0.39, 0.29) is 5.88 Å². The van der Waals surface area contributed by atoms with Crippen molar-refractivity contribution in [1.29, 1.82) is 0 Å². The van der Waals surface area contributed by atoms with Crippen LogP contribution in [-0.4, -0.2) is 29.5 Å². The fourth-order valence-corrected chi connectivity index (χ4v) is 0.788. The predicted molar refractivity (Wildman–Crippen MR) is 65.3 cm³/mol. The second kappa shape index (κ2) is 9.46. The standard InChI is InChI=1S/C6H9N3O2.C2H6.CH5P/c1-9-3-4(5(7)10)6(8-9)11-2;2*1-2/h3H,1-2H3,(H2,7,10);1-2H3;2H2,1H3. The molecule has 0 saturated heterocycles. The van der Waals surface area contributed by atoms with Gasteiger partial charge in [-0.1, -0.05) is 20.5 Å². The summed E-state index contributed by atoms with van der Waals surface area (Å²) >= 11 is 0. The molecule has 0 bridgehead atoms. The summed E-state index contributed by atoms with van der Waals surface area (Å²) in [6.07, 6.45) is 1.52. The number of carbonyl (C=O) groups is 1. The first-order chi connectivity index (χ1) is 7.15. The summed E-state index contributed by atoms with van der Waals surface area (Å²) in [5.74, 6) is -0.269. The van der Waals surface area contributed by atoms with E-state index in [1.54, 1.807) is 7.05 Å². The van der Waals surface area contributed by atoms with E-state index in [4.69, 9.17) is 10.5 Å². The van der Waals surface area contributed by atoms with Crippen LogP contribution in [-0.2, 0) is 7.05 Å². The monoisotopic (exact) mass is 233 g/mol. The van der Waals surface area contributed by atoms with Crippen molar-refractivity contribution in [2.45, 2.75) is 13.8 Å². The molecule has 0 aliphatic heterocycles. The second-order valence-electron chi connectivity index (χ2n) is 2.09. The molecule has 1 atom stereocenters. The fourth-order valence-electron chi connectivity index (χ4n) is 0.788. The number of methoxy groups -OCH3 is 1. The quantitative estimate of drug-likeness (QED) is 0.776. The van der Waals surface area contributed by atoms with Crippen molar-refractivity contribution < 1.29 is 9.53 Å². The van der Waals surface area contributed by atoms with E-state index in [1.807, 2.05) is 20.5 Å². The lowest BCUT2D eigenvalue weighted by Crippen LogP contribution is -2.11. The zero-order valence-corrected chi connectivity index (χ0v) is 11.1. The Hall–Kier alpha value is -1.09. The van der Waals surface area contributed by atoms with Crippen molar-refractivity contribution in [2.75, 3.05) is 13.8 Å². The third-order valence-corrected chi connectivity index (χ3v) is 1.25. The minimum atomic E-state index is -0.532. The smallest absolute Gasteiger partial charge is 0.255 e. The van der Waals surface area contributed by atoms with Gasteiger partial charge in [0.25, 0.3) is 5.91 Å². The lowest BCUT2D eigenvalue weighted by molar-refractivity contribution is 0.0997. The SMILES string of the molecule is CC.COc1nn(C)cc1C(N)=O.CP. The minimum Gasteiger partial charge on any atom is -0.479 e. The molecule has 15 heavy (non-hydrogen) atoms. The van der Waals surface area contributed by atoms with E-state index < -0.39 is 5.91 Å². The van der Waals surface area contributed by atoms with Crippen LogP contribution in [0.15, 0.2) is 6.20 Å². The molecule has 1 aromatic heterocycles. The number of hydrogen-bond acceptors (Lipinski definition) is 3. The second-order valence-corrected chi connectivity index (χ2v) is 2.09. The van der Waals surface area contributed by atoms with Gasteiger partial charge in [-0.2, -0.15) is 0 Å². The zero-order valence-electron chi connectivity index (χ0n) is 9.94. The van der Waals surface area contributed by atoms with Crippen LogP contribution in [0, 0.1) is 0 Å². The van der Waals surface area contributed by atoms with Gasteiger partial charge in [0.1, 0.15) is 5.56 Å². The number of nitrogens with two attached hydrogens (primary N) is 1. The zero-order chi connectivity index (χ0) is 12.4. The van der Waals surface area contributed by atoms with Crippen LogP contribution in [0.1, 0.15) is 24.2 Å². The molecule has 2 N–H and O–H groups in total. The van der Waals surface area contributed by atoms with Crippen LogP contribution in [0.5, 0.6) is 5.88 Å². The maximum absolute atomic E-state index is 10.7. The molecule has 1 heterocycles. The average molecular weight is 233 g/mol. The van der Waals surface area contributed by atoms with Gasteiger partial charge in [0.15, 0.2) is 0 Å². The third-order valence-electron chi connectivity index (χ3n) is 1.25. The van der Waals surface area contributed by atoms with E-state index in [9.17, 15) is 4.79 Å². The maximum Gasteiger partial charge on any atom is 0.255 e. The summed E-state index contributed by atoms with van der Waals surface area (Å²) in [7, 11) is 5.55. The highest BCUT2D eigenvalue weighted by Crippen LogP contribution is 2.12. The van der Waals surface area contributed by atoms with E-state index in [0.717, 1.165) is 0 Å². The number of nitrogens with zero attached hydrogens (tertiary/aromatic N) is 2. The number of primary amides is 1. The van der Waals surface area contributed by atoms with Gasteiger partial charge in [-0.3, -0.25) is 9.48 Å². The Balaban J connectivity index is 0. The Morgan fingerprint density at radius 1 is 1.53 bits per heavy atom. The Bertz CT molecular complexity index is 287. The third kappa shape index (κ3) is 5.37. The van der Waals surface area contributed by atoms with Gasteiger partial charge in [0.2, 0.25) is 5.88 Å². The van der Waals surface area contributed by atoms with Gasteiger partial charge >= 0.3 is 0 Å². The molecule has 0 radical (unpaired) electrons. The number of amides is 1. The summed E-state index contributed by atoms with van der Waals surface area (Å²) in [6.45, 7) is 5.92. The molecule has 6 heteroatoms. The number of carbonyl (C=O) groups excluding carboxylic acids is 1. The molecule has 88 valence electrons. The van der Waals surface area contributed by atoms with Crippen LogP contribution >= 0.6 is 9.24 Å². The number of aryl methyl sites for hydroxylation is 1. The Labute approximate surface area is 93.2 Å². The number of aromatic nitrogens is 2. The Morgan fingerprint density at radius 3 is 2.27 bits per heavy atom. The largest absolute Gasteiger partial charge is 0.479 e. The van der Waals surface area contributed by atoms with Gasteiger partial charge in [-0.15, -0.1) is 14.3 Å². The highest BCUT2D eigenvalue weighted by Gasteiger charge is 2.11. The van der Waals surface area contributed by atoms with Crippen molar-refractivity contribution in [3.05, 3.63) is 11.8 Å². The molecule has 0 fully saturated rings. The van der Waals surface area contributed by atoms with E-state index >= 15 is 0 Å². The van der Waals surface area contributed by atoms with Crippen LogP contribution in [0.25, 0.3) is 0 Å². The molecule has 0 saturated carbocycles. The van der Waals surface area contributed by atoms with Crippen molar-refractivity contribution in [2.24, 2.45) is 12.8 Å². The maximum atomic E-state index is 10.7. The first-order valence-electron chi connectivity index (χ1n) is 4.60. The van der Waals surface area contributed by atoms with Gasteiger partial charge in [-0.05, 0) is 0 Å². The normalized spacial score (nSPS) is 7.87. The molecule has 0 aliphatic rings. The molecule has 1 amide bonds. The van der Waals surface area contributed by atoms with Crippen molar-refractivity contribution in [3.8, 4) is 5.88 Å². The summed E-state index contributed by atoms with van der Waals surface area (Å²) in [5.41, 5.74) is 5.33. The predicted octanol–water partition coefficient (Wildman–Crippen LogP) is 1.05. The van der Waals surface area contributed by atoms with Gasteiger partial charge in [-0.25, -0.2) is 0 Å². The summed E-state index contributed by atoms with van der Waals surface area (Å²) < 4.78 is 6.27. The topological polar surface area (TPSA) is 70.1 Å². The average Bonchev–Trinajstić information content (AvgIpc) is 2.65. The number of ether oxygens (including phenoxy) is 1. The highest BCUT2D eigenvalue weighted by atomic mass is 31.0. The van der Waals surface area contributed by atoms with Crippen LogP contribution < -0.4 is 10.5 Å². The molecular weight excluding hydrogens is 213 g/mol. The van der Waals surface area contributed by atoms with E-state index in [2.05, 4.69) is 14.3 Å². The first kappa shape index (κ1) is 16.3. The van der Waals surface area contributed by atoms with Gasteiger partial charge in [0, 0.05) is 13.2 Å². The summed E-state index contributed by atoms with van der Waals surface area (Å²) in [6, 6.07) is 0. The van der Waals surface area contributed by atoms with Crippen molar-refractivity contribution in [1.82, 2.24) is 9.78 Å². The molecule has 0 spiro atoms. The van der Waals surface area contributed by atoms with E-state index in [0.29, 0.717) is 5.56 Å². The molecule has 1 aromatic rings. The van der Waals surface area contributed by atoms with Crippen LogP contribution in [0.4, 0.5) is 0 Å². The number of rotatable bonds is 2. The molecular formula is C9H20N3O2P. The summed E-state index contributed by atoms with van der Waals surface area (Å²) in [4.78, 5) is 10.7. The van der Waals surface area contributed by atoms with Crippen molar-refractivity contribution in [3.63, 3.8) is 0 Å². The molecule has 0 aliphatic carbocycles. The highest BCUT2D eigenvalue weighted by molar-refractivity contribution is 7.15. The van der Waals surface area contributed by atoms with Gasteiger partial charge in [0.05, 0.1) is 7.11 Å². The number of hydrogen-bond donors (Lipinski definition) is 1. The first-order valence-corrected chi connectivity index (χ1v) is 5.75. The molecule has 1 rings (SSSR count). The molecule has 5 nitrogen and oxygen atoms in total. The lowest BCUT2D eigenvalue weighted by Gasteiger charge is -1.93. The Kier molecular flexibility index (Phi) is 10.3. The summed E-state index contributed by atoms with van der Waals surface area (Å²) in [5, 5.41) is 3.84.